The van der Waals surface area contributed by atoms with Crippen molar-refractivity contribution in [1.29, 1.82) is 0 Å². The lowest BCUT2D eigenvalue weighted by molar-refractivity contribution is -0.142. The van der Waals surface area contributed by atoms with Crippen molar-refractivity contribution in [1.82, 2.24) is 59.6 Å². The molecule has 3 aliphatic rings. The SMILES string of the molecule is Clc1ncncc1Br.N[C@@H](CCN(CCCF)CCCCc1ccc2c(n1)CCCC2)C(=O)O.O=C(O)[C@H](CCN(CCCF)CCCCc1ccc2c(n1)CCCC2)Cc1ccncn1.O=C(O)[C@H](CCN(CCCF)CCCCc1ccc2c(n1)CCCC2)Nc1ncncc1Br. The fourth-order valence-electron chi connectivity index (χ4n) is 12.3. The summed E-state index contributed by atoms with van der Waals surface area (Å²) in [5, 5.41) is 31.5. The number of aliphatic carboxylic acids is 3. The fraction of sp³-hybridized carbons (Fsp3) is 0.589. The number of hydrogen-bond acceptors (Lipinski definition) is 17. The number of anilines is 1. The number of hydrogen-bond donors (Lipinski definition) is 5. The van der Waals surface area contributed by atoms with Gasteiger partial charge in [-0.2, -0.15) is 0 Å². The number of nitrogens with two attached hydrogens (primary N) is 1. The molecule has 6 aromatic heterocycles. The quantitative estimate of drug-likeness (QED) is 0.0177. The Hall–Kier alpha value is -6.22. The molecule has 0 fully saturated rings. The van der Waals surface area contributed by atoms with E-state index in [0.29, 0.717) is 99.7 Å². The summed E-state index contributed by atoms with van der Waals surface area (Å²) in [6.45, 7) is 5.21. The summed E-state index contributed by atoms with van der Waals surface area (Å²) < 4.78 is 39.4. The second-order valence-corrected chi connectivity index (χ2v) is 27.6. The third kappa shape index (κ3) is 32.1. The molecule has 6 N–H and O–H groups in total. The zero-order chi connectivity index (χ0) is 70.8. The third-order valence-corrected chi connectivity index (χ3v) is 19.6. The molecule has 0 aromatic carbocycles. The predicted molar refractivity (Wildman–Crippen MR) is 388 cm³/mol. The Morgan fingerprint density at radius 1 is 0.485 bits per heavy atom. The first-order chi connectivity index (χ1) is 48.1. The first-order valence-electron chi connectivity index (χ1n) is 35.4. The number of carboxylic acids is 3. The maximum Gasteiger partial charge on any atom is 0.326 e. The number of aryl methyl sites for hydroxylation is 9. The van der Waals surface area contributed by atoms with Gasteiger partial charge in [0.15, 0.2) is 0 Å². The summed E-state index contributed by atoms with van der Waals surface area (Å²) in [6, 6.07) is 13.3. The molecule has 26 heteroatoms. The molecular formula is C73H102Br2ClF3N14O6. The number of rotatable bonds is 40. The summed E-state index contributed by atoms with van der Waals surface area (Å²) in [6.07, 6.45) is 35.2. The summed E-state index contributed by atoms with van der Waals surface area (Å²) >= 11 is 12.0. The average Bonchev–Trinajstić information content (AvgIpc) is 0.897. The van der Waals surface area contributed by atoms with E-state index in [9.17, 15) is 37.8 Å². The number of nitrogens with zero attached hydrogens (tertiary/aromatic N) is 12. The van der Waals surface area contributed by atoms with Crippen LogP contribution in [0.25, 0.3) is 0 Å². The molecule has 0 spiro atoms. The summed E-state index contributed by atoms with van der Waals surface area (Å²) in [7, 11) is 0. The number of nitrogens with one attached hydrogen (secondary N) is 1. The van der Waals surface area contributed by atoms with Crippen LogP contribution in [0.15, 0.2) is 89.0 Å². The van der Waals surface area contributed by atoms with Crippen LogP contribution in [-0.4, -0.2) is 184 Å². The first-order valence-corrected chi connectivity index (χ1v) is 37.4. The highest BCUT2D eigenvalue weighted by atomic mass is 79.9. The van der Waals surface area contributed by atoms with E-state index in [1.165, 1.54) is 91.3 Å². The van der Waals surface area contributed by atoms with Gasteiger partial charge in [0.25, 0.3) is 0 Å². The smallest absolute Gasteiger partial charge is 0.326 e. The van der Waals surface area contributed by atoms with Gasteiger partial charge in [0.1, 0.15) is 42.0 Å². The third-order valence-electron chi connectivity index (χ3n) is 18.0. The molecule has 0 radical (unpaired) electrons. The van der Waals surface area contributed by atoms with Crippen LogP contribution in [0.1, 0.15) is 172 Å². The lowest BCUT2D eigenvalue weighted by Crippen LogP contribution is -2.36. The number of fused-ring (bicyclic) bond motifs is 3. The molecule has 9 rings (SSSR count). The van der Waals surface area contributed by atoms with Crippen LogP contribution in [0, 0.1) is 5.92 Å². The van der Waals surface area contributed by atoms with Crippen LogP contribution < -0.4 is 11.1 Å². The average molecular weight is 1520 g/mol. The zero-order valence-corrected chi connectivity index (χ0v) is 61.2. The molecule has 6 heterocycles. The van der Waals surface area contributed by atoms with E-state index < -0.39 is 35.9 Å². The topological polar surface area (TPSA) is 276 Å². The minimum absolute atomic E-state index is 0.347. The van der Waals surface area contributed by atoms with Crippen molar-refractivity contribution >= 4 is 67.2 Å². The zero-order valence-electron chi connectivity index (χ0n) is 57.3. The molecule has 3 atom stereocenters. The molecule has 0 amide bonds. The standard InChI is InChI=1S/C25H35FN4O2.C24H33BrFN5O2.C20H32FN3O2.C4H2BrClN2/c26-13-5-16-30(17-12-21(25(31)32)18-23-11-14-27-19-28-23)15-4-3-7-22-10-9-20-6-1-2-8-24(20)29-22;25-20-16-27-17-28-23(20)30-22(24(32)33)11-15-31(14-5-12-26)13-4-3-7-19-10-9-18-6-1-2-8-21(18)29-19;21-12-5-14-24(15-11-18(22)20(25)26)13-4-3-7-17-10-9-16-6-1-2-8-19(16)23-17;5-3-1-7-2-8-4(3)6/h9-11,14,19,21H,1-8,12-13,15-18H2,(H,31,32);9-10,16-17,22H,1-8,11-15H2,(H,32,33)(H,27,28,30);9-10,18H,1-8,11-15,22H2,(H,25,26);1-2H/t21-;22-;18-;/m100./s1. The van der Waals surface area contributed by atoms with Gasteiger partial charge in [-0.15, -0.1) is 0 Å². The molecule has 20 nitrogen and oxygen atoms in total. The van der Waals surface area contributed by atoms with Gasteiger partial charge in [-0.05, 0) is 272 Å². The van der Waals surface area contributed by atoms with E-state index in [1.54, 1.807) is 24.7 Å². The number of aromatic nitrogens is 9. The molecule has 0 saturated carbocycles. The highest BCUT2D eigenvalue weighted by molar-refractivity contribution is 9.11. The van der Waals surface area contributed by atoms with E-state index in [0.717, 1.165) is 143 Å². The van der Waals surface area contributed by atoms with Crippen molar-refractivity contribution in [2.45, 2.75) is 192 Å². The highest BCUT2D eigenvalue weighted by Gasteiger charge is 2.23. The van der Waals surface area contributed by atoms with E-state index in [-0.39, 0.29) is 20.0 Å². The maximum atomic E-state index is 12.8. The molecule has 542 valence electrons. The number of carbonyl (C=O) groups is 3. The molecule has 0 bridgehead atoms. The Morgan fingerprint density at radius 3 is 1.30 bits per heavy atom. The van der Waals surface area contributed by atoms with E-state index in [2.05, 4.69) is 118 Å². The molecule has 0 saturated heterocycles. The van der Waals surface area contributed by atoms with Gasteiger partial charge in [0, 0.05) is 97.6 Å². The second-order valence-electron chi connectivity index (χ2n) is 25.5. The minimum Gasteiger partial charge on any atom is -0.481 e. The Bertz CT molecular complexity index is 3290. The number of halogens is 6. The summed E-state index contributed by atoms with van der Waals surface area (Å²) in [4.78, 5) is 78.7. The van der Waals surface area contributed by atoms with Crippen LogP contribution in [0.4, 0.5) is 19.0 Å². The first kappa shape index (κ1) is 81.7. The van der Waals surface area contributed by atoms with Crippen molar-refractivity contribution in [3.05, 3.63) is 151 Å². The highest BCUT2D eigenvalue weighted by Crippen LogP contribution is 2.25. The van der Waals surface area contributed by atoms with Gasteiger partial charge < -0.3 is 41.1 Å². The van der Waals surface area contributed by atoms with Gasteiger partial charge >= 0.3 is 17.9 Å². The van der Waals surface area contributed by atoms with Crippen molar-refractivity contribution in [3.8, 4) is 0 Å². The van der Waals surface area contributed by atoms with Crippen LogP contribution >= 0.6 is 43.5 Å². The Balaban J connectivity index is 0.000000222. The van der Waals surface area contributed by atoms with E-state index >= 15 is 0 Å². The largest absolute Gasteiger partial charge is 0.481 e. The molecule has 0 aliphatic heterocycles. The van der Waals surface area contributed by atoms with E-state index in [4.69, 9.17) is 37.4 Å². The molecule has 3 aliphatic carbocycles. The van der Waals surface area contributed by atoms with Crippen LogP contribution in [0.3, 0.4) is 0 Å². The van der Waals surface area contributed by atoms with Crippen molar-refractivity contribution in [2.24, 2.45) is 11.7 Å². The molecule has 0 unspecified atom stereocenters. The molecule has 6 aromatic rings. The van der Waals surface area contributed by atoms with Crippen LogP contribution in [0.2, 0.25) is 5.15 Å². The normalized spacial score (nSPS) is 14.0. The van der Waals surface area contributed by atoms with Gasteiger partial charge in [-0.3, -0.25) is 37.7 Å². The Kier molecular flexibility index (Phi) is 39.5. The van der Waals surface area contributed by atoms with E-state index in [1.807, 2.05) is 0 Å². The van der Waals surface area contributed by atoms with Gasteiger partial charge in [-0.1, -0.05) is 29.8 Å². The van der Waals surface area contributed by atoms with Crippen LogP contribution in [0.5, 0.6) is 0 Å². The number of carboxylic acid groups (broad SMARTS) is 3. The summed E-state index contributed by atoms with van der Waals surface area (Å²) in [5.74, 6) is -2.78. The molecule has 99 heavy (non-hydrogen) atoms. The summed E-state index contributed by atoms with van der Waals surface area (Å²) in [5.41, 5.74) is 17.8. The second kappa shape index (κ2) is 47.8. The fourth-order valence-corrected chi connectivity index (χ4v) is 13.0. The monoisotopic (exact) mass is 1520 g/mol. The minimum atomic E-state index is -0.978. The van der Waals surface area contributed by atoms with Gasteiger partial charge in [0.05, 0.1) is 34.9 Å². The Labute approximate surface area is 604 Å². The molecular weight excluding hydrogens is 1420 g/mol. The van der Waals surface area contributed by atoms with Crippen LogP contribution in [-0.2, 0) is 78.6 Å². The Morgan fingerprint density at radius 2 is 0.909 bits per heavy atom. The van der Waals surface area contributed by atoms with Crippen molar-refractivity contribution in [2.75, 3.05) is 84.2 Å². The number of unbranched alkanes of at least 4 members (excludes halogenated alkanes) is 3. The lowest BCUT2D eigenvalue weighted by Gasteiger charge is -2.24. The maximum absolute atomic E-state index is 12.8. The lowest BCUT2D eigenvalue weighted by atomic mass is 9.95. The number of alkyl halides is 3. The van der Waals surface area contributed by atoms with Gasteiger partial charge in [-0.25, -0.2) is 34.7 Å². The number of pyridine rings is 3. The van der Waals surface area contributed by atoms with Crippen molar-refractivity contribution in [3.63, 3.8) is 0 Å². The van der Waals surface area contributed by atoms with Crippen molar-refractivity contribution < 1.29 is 42.9 Å². The predicted octanol–water partition coefficient (Wildman–Crippen LogP) is 13.2. The van der Waals surface area contributed by atoms with Gasteiger partial charge in [0.2, 0.25) is 0 Å².